The molecule has 0 saturated heterocycles. The molecule has 1 aliphatic rings. The number of methoxy groups -OCH3 is 1. The third-order valence-corrected chi connectivity index (χ3v) is 4.42. The third-order valence-electron chi connectivity index (χ3n) is 3.22. The molecule has 0 aromatic carbocycles. The van der Waals surface area contributed by atoms with Crippen molar-refractivity contribution >= 4 is 27.5 Å². The molecule has 2 heterocycles. The van der Waals surface area contributed by atoms with Crippen molar-refractivity contribution in [2.24, 2.45) is 0 Å². The second kappa shape index (κ2) is 4.20. The summed E-state index contributed by atoms with van der Waals surface area (Å²) in [6.45, 7) is -0.0805. The molecule has 0 N–H and O–H groups in total. The second-order valence-electron chi connectivity index (χ2n) is 4.29. The van der Waals surface area contributed by atoms with Crippen LogP contribution in [0, 0.1) is 0 Å². The number of thiophene rings is 1. The quantitative estimate of drug-likeness (QED) is 0.763. The zero-order valence-corrected chi connectivity index (χ0v) is 10.7. The van der Waals surface area contributed by atoms with Gasteiger partial charge in [0.25, 0.3) is 5.56 Å². The Morgan fingerprint density at radius 2 is 2.39 bits per heavy atom. The van der Waals surface area contributed by atoms with Crippen LogP contribution in [0.3, 0.4) is 0 Å². The summed E-state index contributed by atoms with van der Waals surface area (Å²) < 4.78 is 5.89. The summed E-state index contributed by atoms with van der Waals surface area (Å²) in [6.07, 6.45) is 4.50. The monoisotopic (exact) mass is 264 g/mol. The number of hydrogen-bond acceptors (Lipinski definition) is 5. The van der Waals surface area contributed by atoms with Crippen LogP contribution in [0.5, 0.6) is 0 Å². The van der Waals surface area contributed by atoms with E-state index in [4.69, 9.17) is 0 Å². The van der Waals surface area contributed by atoms with E-state index in [-0.39, 0.29) is 12.1 Å². The van der Waals surface area contributed by atoms with Crippen LogP contribution >= 0.6 is 11.3 Å². The van der Waals surface area contributed by atoms with Crippen molar-refractivity contribution in [3.05, 3.63) is 27.1 Å². The Morgan fingerprint density at radius 3 is 3.17 bits per heavy atom. The number of esters is 1. The summed E-state index contributed by atoms with van der Waals surface area (Å²) in [4.78, 5) is 29.9. The minimum atomic E-state index is -0.440. The molecule has 0 aliphatic heterocycles. The molecule has 0 amide bonds. The highest BCUT2D eigenvalue weighted by atomic mass is 32.1. The predicted octanol–water partition coefficient (Wildman–Crippen LogP) is 1.12. The minimum Gasteiger partial charge on any atom is -0.468 e. The lowest BCUT2D eigenvalue weighted by molar-refractivity contribution is -0.141. The van der Waals surface area contributed by atoms with Gasteiger partial charge in [-0.25, -0.2) is 4.98 Å². The lowest BCUT2D eigenvalue weighted by Crippen LogP contribution is -2.25. The Morgan fingerprint density at radius 1 is 1.56 bits per heavy atom. The first-order valence-corrected chi connectivity index (χ1v) is 6.59. The van der Waals surface area contributed by atoms with Gasteiger partial charge in [-0.3, -0.25) is 14.2 Å². The van der Waals surface area contributed by atoms with Gasteiger partial charge in [-0.1, -0.05) is 0 Å². The smallest absolute Gasteiger partial charge is 0.325 e. The van der Waals surface area contributed by atoms with E-state index >= 15 is 0 Å². The van der Waals surface area contributed by atoms with Crippen molar-refractivity contribution in [2.45, 2.75) is 25.8 Å². The summed E-state index contributed by atoms with van der Waals surface area (Å²) in [7, 11) is 1.31. The third kappa shape index (κ3) is 1.64. The van der Waals surface area contributed by atoms with Crippen LogP contribution in [0.4, 0.5) is 0 Å². The van der Waals surface area contributed by atoms with Crippen molar-refractivity contribution < 1.29 is 9.53 Å². The number of carbonyl (C=O) groups is 1. The van der Waals surface area contributed by atoms with Gasteiger partial charge in [-0.15, -0.1) is 11.3 Å². The van der Waals surface area contributed by atoms with Crippen molar-refractivity contribution in [1.82, 2.24) is 9.55 Å². The average Bonchev–Trinajstić information content (AvgIpc) is 2.92. The molecule has 0 fully saturated rings. The van der Waals surface area contributed by atoms with Gasteiger partial charge < -0.3 is 4.74 Å². The number of rotatable bonds is 2. The Kier molecular flexibility index (Phi) is 2.66. The van der Waals surface area contributed by atoms with Gasteiger partial charge >= 0.3 is 5.97 Å². The molecule has 5 nitrogen and oxygen atoms in total. The summed E-state index contributed by atoms with van der Waals surface area (Å²) in [5.74, 6) is -0.440. The number of fused-ring (bicyclic) bond motifs is 3. The molecule has 2 aromatic rings. The maximum atomic E-state index is 12.3. The minimum absolute atomic E-state index is 0.0805. The molecule has 0 bridgehead atoms. The zero-order valence-electron chi connectivity index (χ0n) is 9.93. The predicted molar refractivity (Wildman–Crippen MR) is 67.9 cm³/mol. The van der Waals surface area contributed by atoms with Gasteiger partial charge in [-0.2, -0.15) is 0 Å². The summed E-state index contributed by atoms with van der Waals surface area (Å²) in [5, 5.41) is 0.693. The molecule has 2 aromatic heterocycles. The first kappa shape index (κ1) is 11.4. The van der Waals surface area contributed by atoms with Crippen LogP contribution in [-0.4, -0.2) is 22.6 Å². The Labute approximate surface area is 107 Å². The van der Waals surface area contributed by atoms with Crippen LogP contribution < -0.4 is 5.56 Å². The van der Waals surface area contributed by atoms with Crippen molar-refractivity contribution in [3.8, 4) is 0 Å². The normalized spacial score (nSPS) is 13.8. The average molecular weight is 264 g/mol. The highest BCUT2D eigenvalue weighted by Gasteiger charge is 2.21. The van der Waals surface area contributed by atoms with Crippen molar-refractivity contribution in [1.29, 1.82) is 0 Å². The molecular weight excluding hydrogens is 252 g/mol. The van der Waals surface area contributed by atoms with Gasteiger partial charge in [0.05, 0.1) is 18.8 Å². The van der Waals surface area contributed by atoms with E-state index in [0.717, 1.165) is 29.7 Å². The van der Waals surface area contributed by atoms with Crippen LogP contribution in [-0.2, 0) is 28.9 Å². The highest BCUT2D eigenvalue weighted by molar-refractivity contribution is 7.18. The van der Waals surface area contributed by atoms with E-state index in [0.29, 0.717) is 5.39 Å². The Balaban J connectivity index is 2.16. The fraction of sp³-hybridized carbons (Fsp3) is 0.417. The number of nitrogens with zero attached hydrogens (tertiary/aromatic N) is 2. The van der Waals surface area contributed by atoms with Crippen LogP contribution in [0.2, 0.25) is 0 Å². The van der Waals surface area contributed by atoms with Crippen LogP contribution in [0.25, 0.3) is 10.2 Å². The van der Waals surface area contributed by atoms with E-state index < -0.39 is 5.97 Å². The van der Waals surface area contributed by atoms with Crippen LogP contribution in [0.1, 0.15) is 16.9 Å². The molecule has 18 heavy (non-hydrogen) atoms. The van der Waals surface area contributed by atoms with E-state index in [1.807, 2.05) is 0 Å². The second-order valence-corrected chi connectivity index (χ2v) is 5.37. The molecule has 0 saturated carbocycles. The molecule has 0 spiro atoms. The zero-order chi connectivity index (χ0) is 12.7. The maximum absolute atomic E-state index is 12.3. The van der Waals surface area contributed by atoms with E-state index in [1.165, 1.54) is 22.9 Å². The lowest BCUT2D eigenvalue weighted by atomic mass is 10.2. The summed E-state index contributed by atoms with van der Waals surface area (Å²) >= 11 is 1.59. The van der Waals surface area contributed by atoms with Gasteiger partial charge in [0.2, 0.25) is 0 Å². The SMILES string of the molecule is COC(=O)Cn1cnc2sc3c(c2c1=O)CCC3. The highest BCUT2D eigenvalue weighted by Crippen LogP contribution is 2.34. The maximum Gasteiger partial charge on any atom is 0.325 e. The summed E-state index contributed by atoms with van der Waals surface area (Å²) in [5.41, 5.74) is 0.997. The van der Waals surface area contributed by atoms with E-state index in [2.05, 4.69) is 9.72 Å². The first-order valence-electron chi connectivity index (χ1n) is 5.77. The molecule has 1 aliphatic carbocycles. The molecular formula is C12H12N2O3S. The molecule has 0 radical (unpaired) electrons. The van der Waals surface area contributed by atoms with Crippen molar-refractivity contribution in [3.63, 3.8) is 0 Å². The van der Waals surface area contributed by atoms with E-state index in [9.17, 15) is 9.59 Å². The standard InChI is InChI=1S/C12H12N2O3S/c1-17-9(15)5-14-6-13-11-10(12(14)16)7-3-2-4-8(7)18-11/h6H,2-5H2,1H3. The molecule has 94 valence electrons. The number of ether oxygens (including phenoxy) is 1. The topological polar surface area (TPSA) is 61.2 Å². The number of aromatic nitrogens is 2. The van der Waals surface area contributed by atoms with Gasteiger partial charge in [-0.05, 0) is 24.8 Å². The van der Waals surface area contributed by atoms with Crippen molar-refractivity contribution in [2.75, 3.05) is 7.11 Å². The Bertz CT molecular complexity index is 686. The van der Waals surface area contributed by atoms with Crippen LogP contribution in [0.15, 0.2) is 11.1 Å². The first-order chi connectivity index (χ1) is 8.70. The molecule has 0 unspecified atom stereocenters. The van der Waals surface area contributed by atoms with Gasteiger partial charge in [0.1, 0.15) is 11.4 Å². The number of carbonyl (C=O) groups excluding carboxylic acids is 1. The summed E-state index contributed by atoms with van der Waals surface area (Å²) in [6, 6.07) is 0. The van der Waals surface area contributed by atoms with Gasteiger partial charge in [0.15, 0.2) is 0 Å². The fourth-order valence-electron chi connectivity index (χ4n) is 2.34. The molecule has 0 atom stereocenters. The van der Waals surface area contributed by atoms with Gasteiger partial charge in [0, 0.05) is 4.88 Å². The lowest BCUT2D eigenvalue weighted by Gasteiger charge is -2.03. The largest absolute Gasteiger partial charge is 0.468 e. The fourth-order valence-corrected chi connectivity index (χ4v) is 3.56. The number of hydrogen-bond donors (Lipinski definition) is 0. The molecule has 6 heteroatoms. The molecule has 3 rings (SSSR count). The number of aryl methyl sites for hydroxylation is 2. The Hall–Kier alpha value is -1.69. The van der Waals surface area contributed by atoms with E-state index in [1.54, 1.807) is 11.3 Å².